The zero-order valence-corrected chi connectivity index (χ0v) is 11.8. The maximum atomic E-state index is 11.5. The number of carboxylic acids is 1. The molecule has 1 heterocycles. The van der Waals surface area contributed by atoms with Crippen LogP contribution >= 0.6 is 11.3 Å². The number of esters is 1. The van der Waals surface area contributed by atoms with Crippen LogP contribution < -0.4 is 10.6 Å². The Kier molecular flexibility index (Phi) is 6.51. The molecule has 0 bridgehead atoms. The number of hydrogen-bond donors (Lipinski definition) is 3. The lowest BCUT2D eigenvalue weighted by molar-refractivity contribution is -0.143. The van der Waals surface area contributed by atoms with Crippen LogP contribution in [-0.2, 0) is 9.53 Å². The quantitative estimate of drug-likeness (QED) is 0.527. The molecule has 0 aliphatic rings. The van der Waals surface area contributed by atoms with Gasteiger partial charge in [0.25, 0.3) is 0 Å². The summed E-state index contributed by atoms with van der Waals surface area (Å²) >= 11 is 1.13. The van der Waals surface area contributed by atoms with Gasteiger partial charge in [0.05, 0.1) is 12.2 Å². The van der Waals surface area contributed by atoms with Crippen molar-refractivity contribution in [1.29, 1.82) is 0 Å². The van der Waals surface area contributed by atoms with E-state index >= 15 is 0 Å². The second-order valence-electron chi connectivity index (χ2n) is 3.76. The van der Waals surface area contributed by atoms with Crippen molar-refractivity contribution in [2.45, 2.75) is 19.8 Å². The second-order valence-corrected chi connectivity index (χ2v) is 4.67. The molecule has 1 aromatic rings. The highest BCUT2D eigenvalue weighted by molar-refractivity contribution is 7.14. The molecule has 0 aromatic carbocycles. The number of carboxylic acid groups (broad SMARTS) is 1. The van der Waals surface area contributed by atoms with Crippen LogP contribution in [0.1, 0.15) is 30.1 Å². The van der Waals surface area contributed by atoms with Gasteiger partial charge in [-0.25, -0.2) is 9.59 Å². The molecule has 0 radical (unpaired) electrons. The van der Waals surface area contributed by atoms with Crippen molar-refractivity contribution in [3.05, 3.63) is 17.0 Å². The highest BCUT2D eigenvalue weighted by atomic mass is 32.1. The van der Waals surface area contributed by atoms with Crippen molar-refractivity contribution in [3.8, 4) is 0 Å². The van der Waals surface area contributed by atoms with Gasteiger partial charge in [-0.1, -0.05) is 0 Å². The Labute approximate surface area is 119 Å². The number of anilines is 1. The third-order valence-corrected chi connectivity index (χ3v) is 3.10. The molecule has 0 aliphatic heterocycles. The van der Waals surface area contributed by atoms with Crippen molar-refractivity contribution in [3.63, 3.8) is 0 Å². The largest absolute Gasteiger partial charge is 0.478 e. The molecule has 7 nitrogen and oxygen atoms in total. The van der Waals surface area contributed by atoms with E-state index in [9.17, 15) is 14.4 Å². The first-order valence-electron chi connectivity index (χ1n) is 6.05. The van der Waals surface area contributed by atoms with Gasteiger partial charge in [0.2, 0.25) is 0 Å². The van der Waals surface area contributed by atoms with Gasteiger partial charge in [-0.3, -0.25) is 10.1 Å². The fourth-order valence-electron chi connectivity index (χ4n) is 1.39. The fraction of sp³-hybridized carbons (Fsp3) is 0.417. The number of amides is 2. The lowest BCUT2D eigenvalue weighted by Gasteiger charge is -2.06. The van der Waals surface area contributed by atoms with Crippen LogP contribution in [0.15, 0.2) is 11.4 Å². The lowest BCUT2D eigenvalue weighted by Crippen LogP contribution is -2.30. The smallest absolute Gasteiger partial charge is 0.338 e. The monoisotopic (exact) mass is 300 g/mol. The Morgan fingerprint density at radius 2 is 2.15 bits per heavy atom. The minimum absolute atomic E-state index is 0.0525. The zero-order valence-electron chi connectivity index (χ0n) is 11.0. The topological polar surface area (TPSA) is 105 Å². The molecule has 0 fully saturated rings. The first kappa shape index (κ1) is 16.0. The van der Waals surface area contributed by atoms with Crippen LogP contribution in [0.5, 0.6) is 0 Å². The van der Waals surface area contributed by atoms with E-state index in [1.54, 1.807) is 12.3 Å². The number of nitrogens with one attached hydrogen (secondary N) is 2. The summed E-state index contributed by atoms with van der Waals surface area (Å²) in [7, 11) is 0. The number of ether oxygens (including phenoxy) is 1. The van der Waals surface area contributed by atoms with E-state index in [1.807, 2.05) is 0 Å². The van der Waals surface area contributed by atoms with Gasteiger partial charge in [0, 0.05) is 13.0 Å². The predicted molar refractivity (Wildman–Crippen MR) is 74.2 cm³/mol. The first-order chi connectivity index (χ1) is 9.54. The van der Waals surface area contributed by atoms with Gasteiger partial charge >= 0.3 is 18.0 Å². The number of carbonyl (C=O) groups is 3. The number of aromatic carboxylic acids is 1. The van der Waals surface area contributed by atoms with E-state index in [4.69, 9.17) is 9.84 Å². The van der Waals surface area contributed by atoms with E-state index < -0.39 is 12.0 Å². The molecule has 2 amide bonds. The Morgan fingerprint density at radius 1 is 1.40 bits per heavy atom. The van der Waals surface area contributed by atoms with E-state index in [0.717, 1.165) is 11.3 Å². The molecule has 0 spiro atoms. The van der Waals surface area contributed by atoms with Gasteiger partial charge in [-0.2, -0.15) is 0 Å². The van der Waals surface area contributed by atoms with Gasteiger partial charge < -0.3 is 15.2 Å². The third-order valence-electron chi connectivity index (χ3n) is 2.27. The molecule has 1 rings (SSSR count). The van der Waals surface area contributed by atoms with Crippen LogP contribution in [0.2, 0.25) is 0 Å². The fourth-order valence-corrected chi connectivity index (χ4v) is 2.16. The summed E-state index contributed by atoms with van der Waals surface area (Å²) in [5.41, 5.74) is 0.0525. The minimum atomic E-state index is -1.09. The number of thiophene rings is 1. The zero-order chi connectivity index (χ0) is 15.0. The van der Waals surface area contributed by atoms with E-state index in [2.05, 4.69) is 10.6 Å². The maximum Gasteiger partial charge on any atom is 0.338 e. The van der Waals surface area contributed by atoms with Crippen LogP contribution in [0.4, 0.5) is 9.80 Å². The normalized spacial score (nSPS) is 9.85. The van der Waals surface area contributed by atoms with E-state index in [-0.39, 0.29) is 23.0 Å². The van der Waals surface area contributed by atoms with E-state index in [1.165, 1.54) is 6.07 Å². The molecule has 3 N–H and O–H groups in total. The number of rotatable bonds is 7. The molecule has 0 saturated heterocycles. The Bertz CT molecular complexity index is 486. The molecule has 1 aromatic heterocycles. The van der Waals surface area contributed by atoms with Gasteiger partial charge in [0.1, 0.15) is 5.00 Å². The summed E-state index contributed by atoms with van der Waals surface area (Å²) in [6.45, 7) is 2.37. The van der Waals surface area contributed by atoms with Crippen LogP contribution in [0.3, 0.4) is 0 Å². The lowest BCUT2D eigenvalue weighted by atomic mass is 10.3. The number of carbonyl (C=O) groups excluding carboxylic acids is 2. The molecule has 0 unspecified atom stereocenters. The van der Waals surface area contributed by atoms with Crippen molar-refractivity contribution in [2.75, 3.05) is 18.5 Å². The van der Waals surface area contributed by atoms with Crippen molar-refractivity contribution >= 4 is 34.3 Å². The molecular weight excluding hydrogens is 284 g/mol. The molecule has 8 heteroatoms. The van der Waals surface area contributed by atoms with E-state index in [0.29, 0.717) is 19.6 Å². The number of urea groups is 1. The van der Waals surface area contributed by atoms with Crippen molar-refractivity contribution < 1.29 is 24.2 Å². The van der Waals surface area contributed by atoms with Crippen LogP contribution in [0.25, 0.3) is 0 Å². The average molecular weight is 300 g/mol. The van der Waals surface area contributed by atoms with Gasteiger partial charge in [0.15, 0.2) is 0 Å². The Balaban J connectivity index is 2.28. The van der Waals surface area contributed by atoms with Crippen molar-refractivity contribution in [1.82, 2.24) is 5.32 Å². The molecule has 0 aliphatic carbocycles. The average Bonchev–Trinajstić information content (AvgIpc) is 2.83. The summed E-state index contributed by atoms with van der Waals surface area (Å²) in [4.78, 5) is 33.4. The number of hydrogen-bond acceptors (Lipinski definition) is 5. The van der Waals surface area contributed by atoms with Gasteiger partial charge in [-0.15, -0.1) is 11.3 Å². The standard InChI is InChI=1S/C12H16N2O5S/c1-2-19-9(15)4-3-6-13-12(18)14-10-8(11(16)17)5-7-20-10/h5,7H,2-4,6H2,1H3,(H,16,17)(H2,13,14,18). The second kappa shape index (κ2) is 8.16. The minimum Gasteiger partial charge on any atom is -0.478 e. The molecule has 0 atom stereocenters. The third kappa shape index (κ3) is 5.27. The molecular formula is C12H16N2O5S. The van der Waals surface area contributed by atoms with Gasteiger partial charge in [-0.05, 0) is 24.8 Å². The summed E-state index contributed by atoms with van der Waals surface area (Å²) in [5.74, 6) is -1.40. The SMILES string of the molecule is CCOC(=O)CCCNC(=O)Nc1sccc1C(=O)O. The van der Waals surface area contributed by atoms with Crippen LogP contribution in [-0.4, -0.2) is 36.2 Å². The summed E-state index contributed by atoms with van der Waals surface area (Å²) in [6, 6.07) is 0.919. The highest BCUT2D eigenvalue weighted by Gasteiger charge is 2.13. The van der Waals surface area contributed by atoms with Crippen molar-refractivity contribution in [2.24, 2.45) is 0 Å². The van der Waals surface area contributed by atoms with Crippen LogP contribution in [0, 0.1) is 0 Å². The highest BCUT2D eigenvalue weighted by Crippen LogP contribution is 2.22. The summed E-state index contributed by atoms with van der Waals surface area (Å²) in [5, 5.41) is 15.7. The maximum absolute atomic E-state index is 11.5. The summed E-state index contributed by atoms with van der Waals surface area (Å²) < 4.78 is 4.75. The first-order valence-corrected chi connectivity index (χ1v) is 6.93. The molecule has 110 valence electrons. The Morgan fingerprint density at radius 3 is 2.80 bits per heavy atom. The molecule has 0 saturated carbocycles. The Hall–Kier alpha value is -2.09. The summed E-state index contributed by atoms with van der Waals surface area (Å²) in [6.07, 6.45) is 0.690. The molecule has 20 heavy (non-hydrogen) atoms. The predicted octanol–water partition coefficient (Wildman–Crippen LogP) is 1.91.